The van der Waals surface area contributed by atoms with Gasteiger partial charge in [-0.3, -0.25) is 19.3 Å². The van der Waals surface area contributed by atoms with Gasteiger partial charge in [-0.2, -0.15) is 5.10 Å². The minimum Gasteiger partial charge on any atom is -0.385 e. The fourth-order valence-corrected chi connectivity index (χ4v) is 4.46. The summed E-state index contributed by atoms with van der Waals surface area (Å²) in [7, 11) is 1.58. The predicted molar refractivity (Wildman–Crippen MR) is 122 cm³/mol. The van der Waals surface area contributed by atoms with Crippen molar-refractivity contribution in [3.05, 3.63) is 76.5 Å². The zero-order valence-electron chi connectivity index (χ0n) is 18.3. The highest BCUT2D eigenvalue weighted by Crippen LogP contribution is 2.31. The van der Waals surface area contributed by atoms with Crippen molar-refractivity contribution in [2.75, 3.05) is 25.6 Å². The Kier molecular flexibility index (Phi) is 5.51. The maximum Gasteiger partial charge on any atom is 0.261 e. The van der Waals surface area contributed by atoms with Crippen LogP contribution in [0.15, 0.2) is 48.5 Å². The third-order valence-corrected chi connectivity index (χ3v) is 6.10. The standard InChI is InChI=1S/C25H24N4O4/c1-33-14-6-13-28-24(31)18-12-11-16(15-20(18)25(28)32)23(30)26-22-19-9-5-10-21(19)27-29(22)17-7-3-2-4-8-17/h2-4,7-8,11-12,15H,5-6,9-10,13-14H2,1H3,(H,26,30). The maximum atomic E-state index is 13.2. The van der Waals surface area contributed by atoms with Crippen molar-refractivity contribution < 1.29 is 19.1 Å². The van der Waals surface area contributed by atoms with Gasteiger partial charge in [0.1, 0.15) is 5.82 Å². The number of ether oxygens (including phenoxy) is 1. The molecule has 168 valence electrons. The van der Waals surface area contributed by atoms with E-state index in [-0.39, 0.29) is 29.8 Å². The van der Waals surface area contributed by atoms with Crippen LogP contribution in [-0.4, -0.2) is 52.7 Å². The summed E-state index contributed by atoms with van der Waals surface area (Å²) in [6.07, 6.45) is 3.30. The number of nitrogens with zero attached hydrogens (tertiary/aromatic N) is 3. The molecule has 3 aromatic rings. The van der Waals surface area contributed by atoms with E-state index in [2.05, 4.69) is 5.32 Å². The number of para-hydroxylation sites is 1. The molecule has 0 radical (unpaired) electrons. The number of aromatic nitrogens is 2. The molecular weight excluding hydrogens is 420 g/mol. The van der Waals surface area contributed by atoms with Crippen molar-refractivity contribution >= 4 is 23.5 Å². The molecule has 1 aromatic heterocycles. The minimum atomic E-state index is -0.379. The summed E-state index contributed by atoms with van der Waals surface area (Å²) in [4.78, 5) is 39.8. The van der Waals surface area contributed by atoms with Crippen LogP contribution < -0.4 is 5.32 Å². The van der Waals surface area contributed by atoms with Crippen LogP contribution in [0.3, 0.4) is 0 Å². The molecule has 0 unspecified atom stereocenters. The first-order valence-electron chi connectivity index (χ1n) is 11.0. The Bertz CT molecular complexity index is 1250. The van der Waals surface area contributed by atoms with Crippen LogP contribution in [-0.2, 0) is 17.6 Å². The summed E-state index contributed by atoms with van der Waals surface area (Å²) in [6, 6.07) is 14.3. The topological polar surface area (TPSA) is 93.5 Å². The van der Waals surface area contributed by atoms with Crippen LogP contribution in [0.25, 0.3) is 5.69 Å². The van der Waals surface area contributed by atoms with Crippen molar-refractivity contribution in [2.24, 2.45) is 0 Å². The molecule has 2 aliphatic rings. The van der Waals surface area contributed by atoms with Crippen LogP contribution in [0, 0.1) is 0 Å². The number of hydrogen-bond donors (Lipinski definition) is 1. The summed E-state index contributed by atoms with van der Waals surface area (Å²) in [5.41, 5.74) is 3.81. The highest BCUT2D eigenvalue weighted by atomic mass is 16.5. The number of hydrogen-bond acceptors (Lipinski definition) is 5. The number of anilines is 1. The predicted octanol–water partition coefficient (Wildman–Crippen LogP) is 3.25. The number of benzene rings is 2. The number of rotatable bonds is 7. The molecular formula is C25H24N4O4. The second kappa shape index (κ2) is 8.63. The number of fused-ring (bicyclic) bond motifs is 2. The van der Waals surface area contributed by atoms with E-state index in [1.54, 1.807) is 23.9 Å². The van der Waals surface area contributed by atoms with Crippen LogP contribution in [0.1, 0.15) is 55.2 Å². The number of carbonyl (C=O) groups excluding carboxylic acids is 3. The molecule has 2 heterocycles. The Morgan fingerprint density at radius 2 is 1.85 bits per heavy atom. The molecule has 1 aliphatic heterocycles. The van der Waals surface area contributed by atoms with E-state index >= 15 is 0 Å². The van der Waals surface area contributed by atoms with Gasteiger partial charge in [0, 0.05) is 31.4 Å². The van der Waals surface area contributed by atoms with Gasteiger partial charge in [0.05, 0.1) is 22.5 Å². The lowest BCUT2D eigenvalue weighted by Crippen LogP contribution is -2.31. The summed E-state index contributed by atoms with van der Waals surface area (Å²) in [5.74, 6) is -0.403. The molecule has 0 bridgehead atoms. The molecule has 1 aliphatic carbocycles. The highest BCUT2D eigenvalue weighted by molar-refractivity contribution is 6.22. The second-order valence-corrected chi connectivity index (χ2v) is 8.20. The SMILES string of the molecule is COCCCN1C(=O)c2ccc(C(=O)Nc3c4c(nn3-c3ccccc3)CCC4)cc2C1=O. The van der Waals surface area contributed by atoms with Crippen molar-refractivity contribution in [1.82, 2.24) is 14.7 Å². The Hall–Kier alpha value is -3.78. The lowest BCUT2D eigenvalue weighted by atomic mass is 10.1. The smallest absolute Gasteiger partial charge is 0.261 e. The molecule has 2 aromatic carbocycles. The zero-order chi connectivity index (χ0) is 22.9. The molecule has 3 amide bonds. The van der Waals surface area contributed by atoms with Gasteiger partial charge in [-0.05, 0) is 56.0 Å². The lowest BCUT2D eigenvalue weighted by Gasteiger charge is -2.12. The van der Waals surface area contributed by atoms with E-state index in [0.717, 1.165) is 36.2 Å². The normalized spacial score (nSPS) is 14.5. The molecule has 5 rings (SSSR count). The van der Waals surface area contributed by atoms with E-state index in [1.807, 2.05) is 30.3 Å². The van der Waals surface area contributed by atoms with Gasteiger partial charge in [-0.15, -0.1) is 0 Å². The first-order chi connectivity index (χ1) is 16.1. The third-order valence-electron chi connectivity index (χ3n) is 6.10. The molecule has 0 fully saturated rings. The van der Waals surface area contributed by atoms with Crippen molar-refractivity contribution in [1.29, 1.82) is 0 Å². The number of methoxy groups -OCH3 is 1. The third kappa shape index (κ3) is 3.72. The van der Waals surface area contributed by atoms with E-state index in [4.69, 9.17) is 9.84 Å². The zero-order valence-corrected chi connectivity index (χ0v) is 18.3. The van der Waals surface area contributed by atoms with Gasteiger partial charge in [0.2, 0.25) is 0 Å². The van der Waals surface area contributed by atoms with Gasteiger partial charge >= 0.3 is 0 Å². The summed E-state index contributed by atoms with van der Waals surface area (Å²) >= 11 is 0. The second-order valence-electron chi connectivity index (χ2n) is 8.20. The van der Waals surface area contributed by atoms with E-state index in [9.17, 15) is 14.4 Å². The van der Waals surface area contributed by atoms with Gasteiger partial charge in [-0.25, -0.2) is 4.68 Å². The number of amides is 3. The van der Waals surface area contributed by atoms with E-state index < -0.39 is 0 Å². The van der Waals surface area contributed by atoms with E-state index in [1.165, 1.54) is 11.0 Å². The monoisotopic (exact) mass is 444 g/mol. The molecule has 8 nitrogen and oxygen atoms in total. The maximum absolute atomic E-state index is 13.2. The average Bonchev–Trinajstić information content (AvgIpc) is 3.49. The fourth-order valence-electron chi connectivity index (χ4n) is 4.46. The van der Waals surface area contributed by atoms with Crippen molar-refractivity contribution in [3.8, 4) is 5.69 Å². The van der Waals surface area contributed by atoms with Crippen LogP contribution in [0.5, 0.6) is 0 Å². The average molecular weight is 444 g/mol. The summed E-state index contributed by atoms with van der Waals surface area (Å²) < 4.78 is 6.78. The van der Waals surface area contributed by atoms with Crippen LogP contribution >= 0.6 is 0 Å². The van der Waals surface area contributed by atoms with Gasteiger partial charge < -0.3 is 10.1 Å². The largest absolute Gasteiger partial charge is 0.385 e. The molecule has 0 saturated heterocycles. The van der Waals surface area contributed by atoms with Crippen molar-refractivity contribution in [2.45, 2.75) is 25.7 Å². The van der Waals surface area contributed by atoms with Gasteiger partial charge in [0.15, 0.2) is 0 Å². The Morgan fingerprint density at radius 3 is 2.64 bits per heavy atom. The first kappa shape index (κ1) is 21.1. The Labute approximate surface area is 191 Å². The Balaban J connectivity index is 1.42. The molecule has 0 saturated carbocycles. The lowest BCUT2D eigenvalue weighted by molar-refractivity contribution is 0.0638. The molecule has 0 atom stereocenters. The molecule has 0 spiro atoms. The molecule has 8 heteroatoms. The van der Waals surface area contributed by atoms with Crippen LogP contribution in [0.4, 0.5) is 5.82 Å². The quantitative estimate of drug-likeness (QED) is 0.446. The highest BCUT2D eigenvalue weighted by Gasteiger charge is 2.35. The Morgan fingerprint density at radius 1 is 1.06 bits per heavy atom. The number of nitrogens with one attached hydrogen (secondary N) is 1. The number of carbonyl (C=O) groups is 3. The summed E-state index contributed by atoms with van der Waals surface area (Å²) in [5, 5.41) is 7.73. The number of imide groups is 1. The fraction of sp³-hybridized carbons (Fsp3) is 0.280. The van der Waals surface area contributed by atoms with Crippen molar-refractivity contribution in [3.63, 3.8) is 0 Å². The van der Waals surface area contributed by atoms with Crippen LogP contribution in [0.2, 0.25) is 0 Å². The van der Waals surface area contributed by atoms with E-state index in [0.29, 0.717) is 30.0 Å². The summed E-state index contributed by atoms with van der Waals surface area (Å²) in [6.45, 7) is 0.741. The van der Waals surface area contributed by atoms with Gasteiger partial charge in [0.25, 0.3) is 17.7 Å². The number of aryl methyl sites for hydroxylation is 1. The first-order valence-corrected chi connectivity index (χ1v) is 11.0. The molecule has 33 heavy (non-hydrogen) atoms. The molecule has 1 N–H and O–H groups in total. The minimum absolute atomic E-state index is 0.256. The van der Waals surface area contributed by atoms with Gasteiger partial charge in [-0.1, -0.05) is 18.2 Å².